The molecule has 0 spiro atoms. The number of nitrogens with zero attached hydrogens (tertiary/aromatic N) is 2. The lowest BCUT2D eigenvalue weighted by Crippen LogP contribution is -2.55. The maximum Gasteiger partial charge on any atom is 0.417 e. The van der Waals surface area contributed by atoms with Crippen molar-refractivity contribution in [3.8, 4) is 16.9 Å². The molecule has 4 rings (SSSR count). The minimum Gasteiger partial charge on any atom is -0.496 e. The fourth-order valence-corrected chi connectivity index (χ4v) is 5.09. The summed E-state index contributed by atoms with van der Waals surface area (Å²) in [6.45, 7) is 5.14. The summed E-state index contributed by atoms with van der Waals surface area (Å²) in [7, 11) is 1.65. The van der Waals surface area contributed by atoms with E-state index in [-0.39, 0.29) is 22.8 Å². The molecule has 1 aliphatic heterocycles. The standard InChI is InChI=1S/C28H28ClF3N2O2.H3N/c1-4-21-17-33(27(35)23-11-10-20(29)16-24(23)28(30,31)32)14-15-34(21)25-13-12-22(26(36-3)18(25)2)19-8-6-5-7-9-19;/h5-13,16,21H,4,14-15,17H2,1-3H3;1H3/t21-;/m1./s1. The highest BCUT2D eigenvalue weighted by molar-refractivity contribution is 6.30. The lowest BCUT2D eigenvalue weighted by molar-refractivity contribution is -0.138. The molecule has 3 aromatic carbocycles. The summed E-state index contributed by atoms with van der Waals surface area (Å²) in [5.41, 5.74) is 2.63. The summed E-state index contributed by atoms with van der Waals surface area (Å²) in [6.07, 6.45) is -3.95. The van der Waals surface area contributed by atoms with E-state index >= 15 is 0 Å². The van der Waals surface area contributed by atoms with Gasteiger partial charge in [0.25, 0.3) is 5.91 Å². The Morgan fingerprint density at radius 3 is 2.41 bits per heavy atom. The van der Waals surface area contributed by atoms with Crippen molar-refractivity contribution in [2.45, 2.75) is 32.5 Å². The van der Waals surface area contributed by atoms with E-state index in [0.717, 1.165) is 46.7 Å². The highest BCUT2D eigenvalue weighted by Gasteiger charge is 2.38. The van der Waals surface area contributed by atoms with Crippen molar-refractivity contribution in [2.75, 3.05) is 31.6 Å². The van der Waals surface area contributed by atoms with Crippen LogP contribution in [0.1, 0.15) is 34.8 Å². The van der Waals surface area contributed by atoms with Gasteiger partial charge in [0.15, 0.2) is 0 Å². The maximum absolute atomic E-state index is 13.6. The van der Waals surface area contributed by atoms with Crippen LogP contribution in [-0.4, -0.2) is 43.6 Å². The molecule has 0 bridgehead atoms. The molecule has 0 unspecified atom stereocenters. The van der Waals surface area contributed by atoms with Crippen LogP contribution in [0.15, 0.2) is 60.7 Å². The summed E-state index contributed by atoms with van der Waals surface area (Å²) in [4.78, 5) is 16.9. The second-order valence-corrected chi connectivity index (χ2v) is 9.29. The zero-order chi connectivity index (χ0) is 26.0. The number of hydrogen-bond donors (Lipinski definition) is 1. The highest BCUT2D eigenvalue weighted by atomic mass is 35.5. The van der Waals surface area contributed by atoms with Crippen LogP contribution in [0.2, 0.25) is 5.02 Å². The normalized spacial score (nSPS) is 15.8. The highest BCUT2D eigenvalue weighted by Crippen LogP contribution is 2.40. The van der Waals surface area contributed by atoms with Crippen molar-refractivity contribution in [3.05, 3.63) is 82.4 Å². The van der Waals surface area contributed by atoms with E-state index in [9.17, 15) is 18.0 Å². The maximum atomic E-state index is 13.6. The minimum atomic E-state index is -4.67. The predicted molar refractivity (Wildman–Crippen MR) is 142 cm³/mol. The number of hydrogen-bond acceptors (Lipinski definition) is 4. The first-order valence-corrected chi connectivity index (χ1v) is 12.2. The van der Waals surface area contributed by atoms with E-state index in [4.69, 9.17) is 16.3 Å². The number of carbonyl (C=O) groups excluding carboxylic acids is 1. The van der Waals surface area contributed by atoms with Crippen molar-refractivity contribution in [2.24, 2.45) is 0 Å². The van der Waals surface area contributed by atoms with Crippen LogP contribution in [0.25, 0.3) is 11.1 Å². The third kappa shape index (κ3) is 5.70. The molecule has 198 valence electrons. The number of methoxy groups -OCH3 is 1. The van der Waals surface area contributed by atoms with E-state index < -0.39 is 17.6 Å². The van der Waals surface area contributed by atoms with Crippen molar-refractivity contribution in [1.82, 2.24) is 11.1 Å². The van der Waals surface area contributed by atoms with Gasteiger partial charge in [-0.05, 0) is 49.2 Å². The van der Waals surface area contributed by atoms with Crippen molar-refractivity contribution in [1.29, 1.82) is 0 Å². The third-order valence-corrected chi connectivity index (χ3v) is 6.97. The Morgan fingerprint density at radius 1 is 1.08 bits per heavy atom. The SMILES string of the molecule is CC[C@@H]1CN(C(=O)c2ccc(Cl)cc2C(F)(F)F)CCN1c1ccc(-c2ccccc2)c(OC)c1C.N. The molecule has 3 N–H and O–H groups in total. The first-order valence-electron chi connectivity index (χ1n) is 11.8. The Hall–Kier alpha value is -3.23. The molecule has 9 heteroatoms. The van der Waals surface area contributed by atoms with Gasteiger partial charge in [-0.1, -0.05) is 48.9 Å². The van der Waals surface area contributed by atoms with Gasteiger partial charge in [0, 0.05) is 47.5 Å². The molecule has 1 aliphatic rings. The van der Waals surface area contributed by atoms with Crippen LogP contribution < -0.4 is 15.8 Å². The number of rotatable bonds is 5. The van der Waals surface area contributed by atoms with Crippen LogP contribution in [-0.2, 0) is 6.18 Å². The van der Waals surface area contributed by atoms with Crippen LogP contribution in [0.5, 0.6) is 5.75 Å². The second kappa shape index (κ2) is 11.4. The fraction of sp³-hybridized carbons (Fsp3) is 0.321. The third-order valence-electron chi connectivity index (χ3n) is 6.73. The van der Waals surface area contributed by atoms with E-state index in [2.05, 4.69) is 11.0 Å². The van der Waals surface area contributed by atoms with E-state index in [0.29, 0.717) is 19.6 Å². The Balaban J connectivity index is 0.00000380. The molecule has 0 aromatic heterocycles. The van der Waals surface area contributed by atoms with Gasteiger partial charge >= 0.3 is 6.18 Å². The monoisotopic (exact) mass is 533 g/mol. The Bertz CT molecular complexity index is 1250. The van der Waals surface area contributed by atoms with Gasteiger partial charge in [-0.2, -0.15) is 13.2 Å². The molecule has 3 aromatic rings. The minimum absolute atomic E-state index is 0. The van der Waals surface area contributed by atoms with Crippen LogP contribution in [0.4, 0.5) is 18.9 Å². The van der Waals surface area contributed by atoms with Gasteiger partial charge in [-0.25, -0.2) is 0 Å². The van der Waals surface area contributed by atoms with Gasteiger partial charge in [0.2, 0.25) is 0 Å². The number of ether oxygens (including phenoxy) is 1. The summed E-state index contributed by atoms with van der Waals surface area (Å²) >= 11 is 5.79. The largest absolute Gasteiger partial charge is 0.496 e. The van der Waals surface area contributed by atoms with Crippen LogP contribution in [0, 0.1) is 6.92 Å². The smallest absolute Gasteiger partial charge is 0.417 e. The summed E-state index contributed by atoms with van der Waals surface area (Å²) < 4.78 is 46.6. The predicted octanol–water partition coefficient (Wildman–Crippen LogP) is 7.25. The number of carbonyl (C=O) groups is 1. The second-order valence-electron chi connectivity index (χ2n) is 8.85. The first-order chi connectivity index (χ1) is 17.2. The van der Waals surface area contributed by atoms with E-state index in [1.54, 1.807) is 7.11 Å². The lowest BCUT2D eigenvalue weighted by Gasteiger charge is -2.43. The number of amides is 1. The van der Waals surface area contributed by atoms with Crippen molar-refractivity contribution in [3.63, 3.8) is 0 Å². The molecule has 0 saturated carbocycles. The number of anilines is 1. The van der Waals surface area contributed by atoms with Crippen LogP contribution in [0.3, 0.4) is 0 Å². The van der Waals surface area contributed by atoms with Gasteiger partial charge in [-0.15, -0.1) is 0 Å². The first kappa shape index (κ1) is 28.3. The zero-order valence-electron chi connectivity index (χ0n) is 21.1. The molecule has 1 heterocycles. The Labute approximate surface area is 220 Å². The van der Waals surface area contributed by atoms with Gasteiger partial charge in [-0.3, -0.25) is 4.79 Å². The molecule has 1 saturated heterocycles. The molecule has 1 fully saturated rings. The summed E-state index contributed by atoms with van der Waals surface area (Å²) in [6, 6.07) is 17.3. The molecule has 5 nitrogen and oxygen atoms in total. The average Bonchev–Trinajstić information content (AvgIpc) is 2.87. The quantitative estimate of drug-likeness (QED) is 0.375. The molecule has 0 aliphatic carbocycles. The number of piperazine rings is 1. The van der Waals surface area contributed by atoms with Crippen molar-refractivity contribution >= 4 is 23.2 Å². The molecule has 1 atom stereocenters. The molecular formula is C28H31ClF3N3O2. The van der Waals surface area contributed by atoms with Gasteiger partial charge in [0.1, 0.15) is 5.75 Å². The number of benzene rings is 3. The van der Waals surface area contributed by atoms with Crippen LogP contribution >= 0.6 is 11.6 Å². The Kier molecular flexibility index (Phi) is 8.76. The Morgan fingerprint density at radius 2 is 1.78 bits per heavy atom. The zero-order valence-corrected chi connectivity index (χ0v) is 21.9. The lowest BCUT2D eigenvalue weighted by atomic mass is 9.98. The van der Waals surface area contributed by atoms with E-state index in [1.165, 1.54) is 11.0 Å². The summed E-state index contributed by atoms with van der Waals surface area (Å²) in [5.74, 6) is 0.147. The molecule has 37 heavy (non-hydrogen) atoms. The molecular weight excluding hydrogens is 503 g/mol. The molecule has 0 radical (unpaired) electrons. The fourth-order valence-electron chi connectivity index (χ4n) is 4.91. The van der Waals surface area contributed by atoms with Crippen molar-refractivity contribution < 1.29 is 22.7 Å². The van der Waals surface area contributed by atoms with E-state index in [1.807, 2.05) is 50.2 Å². The van der Waals surface area contributed by atoms with Gasteiger partial charge < -0.3 is 20.7 Å². The number of alkyl halides is 3. The summed E-state index contributed by atoms with van der Waals surface area (Å²) in [5, 5.41) is -0.0569. The average molecular weight is 534 g/mol. The van der Waals surface area contributed by atoms with Gasteiger partial charge in [0.05, 0.1) is 18.2 Å². The number of halogens is 4. The molecule has 1 amide bonds. The topological polar surface area (TPSA) is 67.8 Å².